The topological polar surface area (TPSA) is 60.1 Å². The SMILES string of the molecule is CCC(CC)N(CCO)c1nccc(C)c1C#N. The number of aliphatic hydroxyl groups is 1. The maximum absolute atomic E-state index is 9.26. The second-order valence-electron chi connectivity index (χ2n) is 4.33. The Morgan fingerprint density at radius 3 is 2.61 bits per heavy atom. The molecule has 4 nitrogen and oxygen atoms in total. The molecular weight excluding hydrogens is 226 g/mol. The highest BCUT2D eigenvalue weighted by Gasteiger charge is 2.20. The molecule has 1 N–H and O–H groups in total. The highest BCUT2D eigenvalue weighted by Crippen LogP contribution is 2.23. The Morgan fingerprint density at radius 1 is 1.44 bits per heavy atom. The molecular formula is C14H21N3O. The molecule has 1 rings (SSSR count). The van der Waals surface area contributed by atoms with Gasteiger partial charge in [0.2, 0.25) is 0 Å². The molecule has 0 unspecified atom stereocenters. The van der Waals surface area contributed by atoms with Crippen LogP contribution in [0.1, 0.15) is 37.8 Å². The first-order valence-electron chi connectivity index (χ1n) is 6.42. The summed E-state index contributed by atoms with van der Waals surface area (Å²) in [6, 6.07) is 4.36. The largest absolute Gasteiger partial charge is 0.395 e. The fourth-order valence-electron chi connectivity index (χ4n) is 2.20. The van der Waals surface area contributed by atoms with Crippen LogP contribution in [0.2, 0.25) is 0 Å². The highest BCUT2D eigenvalue weighted by atomic mass is 16.3. The van der Waals surface area contributed by atoms with Crippen LogP contribution in [0.15, 0.2) is 12.3 Å². The molecule has 1 heterocycles. The van der Waals surface area contributed by atoms with E-state index in [9.17, 15) is 10.4 Å². The maximum Gasteiger partial charge on any atom is 0.147 e. The van der Waals surface area contributed by atoms with Crippen LogP contribution in [0, 0.1) is 18.3 Å². The zero-order chi connectivity index (χ0) is 13.5. The quantitative estimate of drug-likeness (QED) is 0.837. The van der Waals surface area contributed by atoms with Crippen LogP contribution in [0.4, 0.5) is 5.82 Å². The van der Waals surface area contributed by atoms with Gasteiger partial charge < -0.3 is 10.0 Å². The monoisotopic (exact) mass is 247 g/mol. The first kappa shape index (κ1) is 14.5. The van der Waals surface area contributed by atoms with E-state index in [4.69, 9.17) is 0 Å². The Morgan fingerprint density at radius 2 is 2.11 bits per heavy atom. The van der Waals surface area contributed by atoms with E-state index in [1.807, 2.05) is 17.9 Å². The number of aryl methyl sites for hydroxylation is 1. The van der Waals surface area contributed by atoms with E-state index in [0.29, 0.717) is 24.0 Å². The Bertz CT molecular complexity index is 422. The van der Waals surface area contributed by atoms with Crippen molar-refractivity contribution in [3.05, 3.63) is 23.4 Å². The molecule has 0 spiro atoms. The lowest BCUT2D eigenvalue weighted by atomic mass is 10.1. The molecule has 0 saturated heterocycles. The Labute approximate surface area is 109 Å². The second kappa shape index (κ2) is 6.97. The molecule has 0 aliphatic carbocycles. The maximum atomic E-state index is 9.26. The molecule has 98 valence electrons. The minimum absolute atomic E-state index is 0.0665. The molecule has 0 amide bonds. The predicted molar refractivity (Wildman–Crippen MR) is 72.5 cm³/mol. The molecule has 0 bridgehead atoms. The van der Waals surface area contributed by atoms with E-state index in [0.717, 1.165) is 18.4 Å². The third-order valence-corrected chi connectivity index (χ3v) is 3.25. The summed E-state index contributed by atoms with van der Waals surface area (Å²) in [5.41, 5.74) is 1.54. The van der Waals surface area contributed by atoms with Gasteiger partial charge in [-0.3, -0.25) is 0 Å². The summed E-state index contributed by atoms with van der Waals surface area (Å²) < 4.78 is 0. The molecule has 1 aromatic heterocycles. The molecule has 0 saturated carbocycles. The fourth-order valence-corrected chi connectivity index (χ4v) is 2.20. The summed E-state index contributed by atoms with van der Waals surface area (Å²) in [7, 11) is 0. The minimum atomic E-state index is 0.0665. The van der Waals surface area contributed by atoms with Crippen molar-refractivity contribution in [2.75, 3.05) is 18.1 Å². The number of aromatic nitrogens is 1. The van der Waals surface area contributed by atoms with E-state index in [-0.39, 0.29) is 6.61 Å². The molecule has 0 aromatic carbocycles. The van der Waals surface area contributed by atoms with Crippen LogP contribution in [0.25, 0.3) is 0 Å². The van der Waals surface area contributed by atoms with Crippen molar-refractivity contribution < 1.29 is 5.11 Å². The molecule has 4 heteroatoms. The van der Waals surface area contributed by atoms with Gasteiger partial charge in [-0.1, -0.05) is 13.8 Å². The predicted octanol–water partition coefficient (Wildman–Crippen LogP) is 2.25. The van der Waals surface area contributed by atoms with Gasteiger partial charge in [-0.2, -0.15) is 5.26 Å². The lowest BCUT2D eigenvalue weighted by Crippen LogP contribution is -2.38. The van der Waals surface area contributed by atoms with Crippen molar-refractivity contribution in [2.45, 2.75) is 39.7 Å². The van der Waals surface area contributed by atoms with Gasteiger partial charge in [0, 0.05) is 18.8 Å². The summed E-state index contributed by atoms with van der Waals surface area (Å²) in [6.45, 7) is 6.71. The van der Waals surface area contributed by atoms with Crippen LogP contribution in [-0.4, -0.2) is 29.3 Å². The standard InChI is InChI=1S/C14H21N3O/c1-4-12(5-2)17(8-9-18)14-13(10-15)11(3)6-7-16-14/h6-7,12,18H,4-5,8-9H2,1-3H3. The smallest absolute Gasteiger partial charge is 0.147 e. The lowest BCUT2D eigenvalue weighted by Gasteiger charge is -2.31. The number of rotatable bonds is 6. The van der Waals surface area contributed by atoms with Crippen molar-refractivity contribution in [2.24, 2.45) is 0 Å². The van der Waals surface area contributed by atoms with E-state index in [1.54, 1.807) is 6.20 Å². The third kappa shape index (κ3) is 2.99. The van der Waals surface area contributed by atoms with Gasteiger partial charge >= 0.3 is 0 Å². The van der Waals surface area contributed by atoms with Crippen LogP contribution in [0.5, 0.6) is 0 Å². The Hall–Kier alpha value is -1.60. The number of pyridine rings is 1. The number of aliphatic hydroxyl groups excluding tert-OH is 1. The molecule has 0 radical (unpaired) electrons. The van der Waals surface area contributed by atoms with Crippen molar-refractivity contribution in [1.29, 1.82) is 5.26 Å². The van der Waals surface area contributed by atoms with E-state index in [2.05, 4.69) is 24.9 Å². The lowest BCUT2D eigenvalue weighted by molar-refractivity contribution is 0.295. The zero-order valence-corrected chi connectivity index (χ0v) is 11.3. The number of hydrogen-bond donors (Lipinski definition) is 1. The summed E-state index contributed by atoms with van der Waals surface area (Å²) in [6.07, 6.45) is 3.66. The van der Waals surface area contributed by atoms with Crippen LogP contribution in [-0.2, 0) is 0 Å². The third-order valence-electron chi connectivity index (χ3n) is 3.25. The van der Waals surface area contributed by atoms with E-state index >= 15 is 0 Å². The van der Waals surface area contributed by atoms with Crippen molar-refractivity contribution in [3.8, 4) is 6.07 Å². The zero-order valence-electron chi connectivity index (χ0n) is 11.3. The normalized spacial score (nSPS) is 10.4. The molecule has 0 atom stereocenters. The number of nitrogens with zero attached hydrogens (tertiary/aromatic N) is 3. The van der Waals surface area contributed by atoms with E-state index < -0.39 is 0 Å². The van der Waals surface area contributed by atoms with Crippen molar-refractivity contribution in [3.63, 3.8) is 0 Å². The summed E-state index contributed by atoms with van der Waals surface area (Å²) in [5.74, 6) is 0.695. The highest BCUT2D eigenvalue weighted by molar-refractivity contribution is 5.57. The second-order valence-corrected chi connectivity index (χ2v) is 4.33. The van der Waals surface area contributed by atoms with Gasteiger partial charge in [-0.15, -0.1) is 0 Å². The van der Waals surface area contributed by atoms with Gasteiger partial charge in [-0.25, -0.2) is 4.98 Å². The van der Waals surface area contributed by atoms with Crippen molar-refractivity contribution in [1.82, 2.24) is 4.98 Å². The molecule has 18 heavy (non-hydrogen) atoms. The van der Waals surface area contributed by atoms with Crippen LogP contribution < -0.4 is 4.90 Å². The molecule has 0 aliphatic rings. The van der Waals surface area contributed by atoms with Gasteiger partial charge in [-0.05, 0) is 31.4 Å². The number of hydrogen-bond acceptors (Lipinski definition) is 4. The molecule has 0 aliphatic heterocycles. The van der Waals surface area contributed by atoms with Crippen molar-refractivity contribution >= 4 is 5.82 Å². The average Bonchev–Trinajstić information content (AvgIpc) is 2.38. The molecule has 0 fully saturated rings. The van der Waals surface area contributed by atoms with Gasteiger partial charge in [0.1, 0.15) is 11.9 Å². The number of nitriles is 1. The first-order valence-corrected chi connectivity index (χ1v) is 6.42. The average molecular weight is 247 g/mol. The van der Waals surface area contributed by atoms with Gasteiger partial charge in [0.15, 0.2) is 0 Å². The summed E-state index contributed by atoms with van der Waals surface area (Å²) >= 11 is 0. The summed E-state index contributed by atoms with van der Waals surface area (Å²) in [5, 5.41) is 18.5. The number of anilines is 1. The summed E-state index contributed by atoms with van der Waals surface area (Å²) in [4.78, 5) is 6.39. The Kier molecular flexibility index (Phi) is 5.60. The van der Waals surface area contributed by atoms with Gasteiger partial charge in [0.05, 0.1) is 12.2 Å². The van der Waals surface area contributed by atoms with Gasteiger partial charge in [0.25, 0.3) is 0 Å². The molecule has 1 aromatic rings. The van der Waals surface area contributed by atoms with E-state index in [1.165, 1.54) is 0 Å². The van der Waals surface area contributed by atoms with Crippen LogP contribution >= 0.6 is 0 Å². The van der Waals surface area contributed by atoms with Crippen LogP contribution in [0.3, 0.4) is 0 Å². The minimum Gasteiger partial charge on any atom is -0.395 e. The first-order chi connectivity index (χ1) is 8.69. The Balaban J connectivity index is 3.21. The fraction of sp³-hybridized carbons (Fsp3) is 0.571.